The van der Waals surface area contributed by atoms with Crippen molar-refractivity contribution in [3.63, 3.8) is 0 Å². The summed E-state index contributed by atoms with van der Waals surface area (Å²) in [4.78, 5) is 0.151. The molecule has 3 aromatic carbocycles. The van der Waals surface area contributed by atoms with E-state index < -0.39 is 10.1 Å². The summed E-state index contributed by atoms with van der Waals surface area (Å²) < 4.78 is 30.1. The minimum absolute atomic E-state index is 0.151. The zero-order valence-electron chi connectivity index (χ0n) is 16.1. The number of aryl methyl sites for hydroxylation is 1. The summed E-state index contributed by atoms with van der Waals surface area (Å²) in [5.74, 6) is 0.308. The largest absolute Gasteiger partial charge is 0.379 e. The molecule has 0 heterocycles. The third-order valence-electron chi connectivity index (χ3n) is 4.60. The van der Waals surface area contributed by atoms with E-state index in [1.807, 2.05) is 37.3 Å². The third kappa shape index (κ3) is 5.21. The third-order valence-corrected chi connectivity index (χ3v) is 5.86. The fraction of sp³-hybridized carbons (Fsp3) is 0.217. The molecule has 0 fully saturated rings. The maximum atomic E-state index is 12.4. The van der Waals surface area contributed by atoms with Crippen molar-refractivity contribution in [2.24, 2.45) is 0 Å². The Morgan fingerprint density at radius 3 is 2.14 bits per heavy atom. The van der Waals surface area contributed by atoms with E-state index in [-0.39, 0.29) is 10.9 Å². The highest BCUT2D eigenvalue weighted by Gasteiger charge is 2.17. The van der Waals surface area contributed by atoms with Crippen LogP contribution in [0.15, 0.2) is 83.8 Å². The molecule has 1 atom stereocenters. The van der Waals surface area contributed by atoms with Gasteiger partial charge in [0.15, 0.2) is 0 Å². The molecule has 0 saturated heterocycles. The first-order valence-corrected chi connectivity index (χ1v) is 10.8. The molecular weight excluding hydrogens is 370 g/mol. The predicted molar refractivity (Wildman–Crippen MR) is 112 cm³/mol. The van der Waals surface area contributed by atoms with E-state index in [4.69, 9.17) is 4.18 Å². The highest BCUT2D eigenvalue weighted by molar-refractivity contribution is 7.87. The smallest absolute Gasteiger partial charge is 0.339 e. The number of benzene rings is 3. The maximum Gasteiger partial charge on any atom is 0.339 e. The Morgan fingerprint density at radius 1 is 0.893 bits per heavy atom. The van der Waals surface area contributed by atoms with Crippen molar-refractivity contribution in [1.82, 2.24) is 5.32 Å². The van der Waals surface area contributed by atoms with Crippen molar-refractivity contribution >= 4 is 10.1 Å². The summed E-state index contributed by atoms with van der Waals surface area (Å²) in [6.07, 6.45) is 0.925. The molecule has 0 aliphatic heterocycles. The van der Waals surface area contributed by atoms with Gasteiger partial charge < -0.3 is 9.50 Å². The van der Waals surface area contributed by atoms with Gasteiger partial charge in [-0.15, -0.1) is 0 Å². The lowest BCUT2D eigenvalue weighted by atomic mass is 10.0. The Morgan fingerprint density at radius 2 is 1.54 bits per heavy atom. The molecule has 1 unspecified atom stereocenters. The van der Waals surface area contributed by atoms with Crippen LogP contribution in [-0.4, -0.2) is 8.42 Å². The average Bonchev–Trinajstić information content (AvgIpc) is 2.70. The fourth-order valence-electron chi connectivity index (χ4n) is 2.97. The van der Waals surface area contributed by atoms with Crippen LogP contribution in [0.25, 0.3) is 0 Å². The normalized spacial score (nSPS) is 12.5. The van der Waals surface area contributed by atoms with E-state index in [0.717, 1.165) is 24.1 Å². The summed E-state index contributed by atoms with van der Waals surface area (Å²) in [6.45, 7) is 4.81. The Kier molecular flexibility index (Phi) is 6.49. The molecule has 146 valence electrons. The van der Waals surface area contributed by atoms with Crippen LogP contribution < -0.4 is 9.50 Å². The molecule has 28 heavy (non-hydrogen) atoms. The van der Waals surface area contributed by atoms with Crippen LogP contribution in [0.3, 0.4) is 0 Å². The van der Waals surface area contributed by atoms with Gasteiger partial charge in [0.2, 0.25) is 0 Å². The molecule has 0 spiro atoms. The Labute approximate surface area is 167 Å². The van der Waals surface area contributed by atoms with Gasteiger partial charge in [-0.3, -0.25) is 0 Å². The molecule has 0 aromatic heterocycles. The summed E-state index contributed by atoms with van der Waals surface area (Å²) in [6, 6.07) is 24.3. The molecule has 4 nitrogen and oxygen atoms in total. The quantitative estimate of drug-likeness (QED) is 0.545. The first-order chi connectivity index (χ1) is 13.5. The van der Waals surface area contributed by atoms with E-state index in [9.17, 15) is 8.42 Å². The van der Waals surface area contributed by atoms with Gasteiger partial charge in [0.1, 0.15) is 10.6 Å². The molecule has 1 N–H and O–H groups in total. The Balaban J connectivity index is 1.67. The zero-order valence-corrected chi connectivity index (χ0v) is 16.9. The average molecular weight is 396 g/mol. The van der Waals surface area contributed by atoms with Crippen molar-refractivity contribution in [1.29, 1.82) is 0 Å². The highest BCUT2D eigenvalue weighted by atomic mass is 32.2. The lowest BCUT2D eigenvalue weighted by Crippen LogP contribution is -2.20. The lowest BCUT2D eigenvalue weighted by molar-refractivity contribution is 0.484. The molecule has 0 amide bonds. The molecule has 5 heteroatoms. The molecule has 3 aromatic rings. The minimum atomic E-state index is -3.83. The van der Waals surface area contributed by atoms with Gasteiger partial charge in [0.25, 0.3) is 0 Å². The van der Waals surface area contributed by atoms with Crippen molar-refractivity contribution in [2.45, 2.75) is 37.8 Å². The topological polar surface area (TPSA) is 55.4 Å². The first kappa shape index (κ1) is 20.1. The second-order valence-electron chi connectivity index (χ2n) is 6.75. The number of hydrogen-bond donors (Lipinski definition) is 1. The van der Waals surface area contributed by atoms with Crippen molar-refractivity contribution in [3.05, 3.63) is 95.6 Å². The summed E-state index contributed by atoms with van der Waals surface area (Å²) in [5, 5.41) is 3.54. The summed E-state index contributed by atoms with van der Waals surface area (Å²) in [5.41, 5.74) is 3.32. The number of nitrogens with one attached hydrogen (secondary N) is 1. The van der Waals surface area contributed by atoms with Gasteiger partial charge in [0, 0.05) is 12.6 Å². The van der Waals surface area contributed by atoms with Crippen molar-refractivity contribution in [3.8, 4) is 5.75 Å². The van der Waals surface area contributed by atoms with Gasteiger partial charge in [0.05, 0.1) is 0 Å². The molecule has 0 saturated carbocycles. The monoisotopic (exact) mass is 395 g/mol. The summed E-state index contributed by atoms with van der Waals surface area (Å²) >= 11 is 0. The van der Waals surface area contributed by atoms with E-state index >= 15 is 0 Å². The number of rotatable bonds is 8. The van der Waals surface area contributed by atoms with E-state index in [1.165, 1.54) is 5.56 Å². The van der Waals surface area contributed by atoms with Gasteiger partial charge in [-0.2, -0.15) is 8.42 Å². The minimum Gasteiger partial charge on any atom is -0.379 e. The van der Waals surface area contributed by atoms with Gasteiger partial charge >= 0.3 is 10.1 Å². The highest BCUT2D eigenvalue weighted by Crippen LogP contribution is 2.23. The first-order valence-electron chi connectivity index (χ1n) is 9.36. The molecule has 0 aliphatic rings. The molecule has 3 rings (SSSR count). The SMILES string of the molecule is CCC(NCc1ccccc1)c1ccc(OS(=O)(=O)c2ccc(C)cc2)cc1. The van der Waals surface area contributed by atoms with E-state index in [2.05, 4.69) is 24.4 Å². The number of hydrogen-bond acceptors (Lipinski definition) is 4. The van der Waals surface area contributed by atoms with Gasteiger partial charge in [-0.05, 0) is 48.7 Å². The van der Waals surface area contributed by atoms with Crippen molar-refractivity contribution in [2.75, 3.05) is 0 Å². The lowest BCUT2D eigenvalue weighted by Gasteiger charge is -2.18. The fourth-order valence-corrected chi connectivity index (χ4v) is 3.90. The van der Waals surface area contributed by atoms with Crippen LogP contribution in [-0.2, 0) is 16.7 Å². The van der Waals surface area contributed by atoms with Crippen LogP contribution >= 0.6 is 0 Å². The van der Waals surface area contributed by atoms with Crippen LogP contribution in [0.1, 0.15) is 36.1 Å². The van der Waals surface area contributed by atoms with Crippen LogP contribution in [0, 0.1) is 6.92 Å². The van der Waals surface area contributed by atoms with Crippen LogP contribution in [0.5, 0.6) is 5.75 Å². The van der Waals surface area contributed by atoms with E-state index in [1.54, 1.807) is 36.4 Å². The van der Waals surface area contributed by atoms with Crippen LogP contribution in [0.2, 0.25) is 0 Å². The Bertz CT molecular complexity index is 982. The van der Waals surface area contributed by atoms with Gasteiger partial charge in [-0.1, -0.05) is 67.1 Å². The second kappa shape index (κ2) is 9.04. The molecular formula is C23H25NO3S. The predicted octanol–water partition coefficient (Wildman–Crippen LogP) is 5.00. The van der Waals surface area contributed by atoms with Crippen molar-refractivity contribution < 1.29 is 12.6 Å². The summed E-state index contributed by atoms with van der Waals surface area (Å²) in [7, 11) is -3.83. The van der Waals surface area contributed by atoms with Crippen LogP contribution in [0.4, 0.5) is 0 Å². The van der Waals surface area contributed by atoms with E-state index in [0.29, 0.717) is 5.75 Å². The molecule has 0 bridgehead atoms. The molecule has 0 radical (unpaired) electrons. The Hall–Kier alpha value is -2.63. The molecule has 0 aliphatic carbocycles. The van der Waals surface area contributed by atoms with Gasteiger partial charge in [-0.25, -0.2) is 0 Å². The maximum absolute atomic E-state index is 12.4. The zero-order chi connectivity index (χ0) is 20.0. The second-order valence-corrected chi connectivity index (χ2v) is 8.29. The standard InChI is InChI=1S/C23H25NO3S/c1-3-23(24-17-19-7-5-4-6-8-19)20-11-13-21(14-12-20)27-28(25,26)22-15-9-18(2)10-16-22/h4-16,23-24H,3,17H2,1-2H3.